The number of amides is 1. The second-order valence-electron chi connectivity index (χ2n) is 9.77. The zero-order valence-electron chi connectivity index (χ0n) is 21.4. The fourth-order valence-corrected chi connectivity index (χ4v) is 5.15. The van der Waals surface area contributed by atoms with Crippen molar-refractivity contribution in [1.82, 2.24) is 15.6 Å². The van der Waals surface area contributed by atoms with Crippen molar-refractivity contribution in [2.45, 2.75) is 31.5 Å². The van der Waals surface area contributed by atoms with Crippen LogP contribution in [0.4, 0.5) is 13.2 Å². The molecule has 1 amide bonds. The van der Waals surface area contributed by atoms with Gasteiger partial charge in [-0.25, -0.2) is 8.42 Å². The summed E-state index contributed by atoms with van der Waals surface area (Å²) in [7, 11) is -3.30. The van der Waals surface area contributed by atoms with Crippen molar-refractivity contribution in [3.8, 4) is 34.0 Å². The molecule has 0 bridgehead atoms. The van der Waals surface area contributed by atoms with E-state index in [1.165, 1.54) is 25.1 Å². The number of hydrogen-bond donors (Lipinski definition) is 2. The van der Waals surface area contributed by atoms with Gasteiger partial charge in [0.25, 0.3) is 5.91 Å². The molecule has 4 aromatic rings. The fourth-order valence-electron chi connectivity index (χ4n) is 4.68. The predicted octanol–water partition coefficient (Wildman–Crippen LogP) is 4.15. The van der Waals surface area contributed by atoms with E-state index >= 15 is 0 Å². The van der Waals surface area contributed by atoms with Crippen LogP contribution in [0.15, 0.2) is 57.6 Å². The molecule has 0 spiro atoms. The third kappa shape index (κ3) is 5.13. The summed E-state index contributed by atoms with van der Waals surface area (Å²) in [6.07, 6.45) is -3.12. The van der Waals surface area contributed by atoms with Crippen LogP contribution in [-0.4, -0.2) is 48.3 Å². The van der Waals surface area contributed by atoms with Gasteiger partial charge in [0.1, 0.15) is 21.1 Å². The lowest BCUT2D eigenvalue weighted by Gasteiger charge is -2.25. The number of aryl methyl sites for hydroxylation is 1. The van der Waals surface area contributed by atoms with E-state index in [2.05, 4.69) is 15.6 Å². The molecule has 1 aliphatic rings. The Morgan fingerprint density at radius 2 is 1.70 bits per heavy atom. The highest BCUT2D eigenvalue weighted by atomic mass is 32.2. The van der Waals surface area contributed by atoms with Crippen LogP contribution in [0.1, 0.15) is 29.2 Å². The molecule has 2 N–H and O–H groups in total. The minimum atomic E-state index is -4.78. The average molecular weight is 576 g/mol. The number of fused-ring (bicyclic) bond motifs is 3. The van der Waals surface area contributed by atoms with E-state index < -0.39 is 44.5 Å². The number of carbonyl (C=O) groups excluding carboxylic acids is 1. The van der Waals surface area contributed by atoms with Crippen molar-refractivity contribution >= 4 is 15.7 Å². The Bertz CT molecular complexity index is 1690. The molecule has 210 valence electrons. The van der Waals surface area contributed by atoms with Gasteiger partial charge in [-0.2, -0.15) is 13.2 Å². The van der Waals surface area contributed by atoms with Crippen molar-refractivity contribution < 1.29 is 40.5 Å². The molecule has 2 aromatic carbocycles. The molecular formula is C27H24F3N3O6S. The maximum absolute atomic E-state index is 14.2. The van der Waals surface area contributed by atoms with Gasteiger partial charge in [-0.05, 0) is 30.9 Å². The van der Waals surface area contributed by atoms with Crippen LogP contribution in [0.25, 0.3) is 34.0 Å². The van der Waals surface area contributed by atoms with Crippen molar-refractivity contribution in [2.24, 2.45) is 0 Å². The number of aliphatic hydroxyl groups is 1. The van der Waals surface area contributed by atoms with E-state index in [-0.39, 0.29) is 35.6 Å². The smallest absolute Gasteiger partial charge is 0.376 e. The number of carbonyl (C=O) groups is 1. The number of hydrogen-bond acceptors (Lipinski definition) is 8. The van der Waals surface area contributed by atoms with Gasteiger partial charge in [0.15, 0.2) is 22.8 Å². The van der Waals surface area contributed by atoms with Crippen LogP contribution in [0.2, 0.25) is 0 Å². The van der Waals surface area contributed by atoms with Crippen LogP contribution in [0, 0.1) is 0 Å². The quantitative estimate of drug-likeness (QED) is 0.336. The molecule has 40 heavy (non-hydrogen) atoms. The number of halogens is 3. The van der Waals surface area contributed by atoms with Crippen molar-refractivity contribution in [3.63, 3.8) is 0 Å². The average Bonchev–Trinajstić information content (AvgIpc) is 3.52. The molecule has 5 rings (SSSR count). The first kappa shape index (κ1) is 27.6. The molecule has 1 atom stereocenters. The standard InChI is InChI=1S/C27H24F3N3O6S/c1-26(35,25(34)31-12-13-40(2,36)37)17-9-11-18-16(14-17)8-10-19-21(18)32-39-24(19)22-20(27(28,29)30)23(38-33-22)15-6-4-3-5-7-15/h3-7,9,11,14,35H,8,10,12-13H2,1-2H3,(H,31,34)/t26-/m1/s1. The number of nitrogens with one attached hydrogen (secondary N) is 1. The van der Waals surface area contributed by atoms with Gasteiger partial charge in [-0.15, -0.1) is 0 Å². The number of alkyl halides is 3. The summed E-state index contributed by atoms with van der Waals surface area (Å²) < 4.78 is 75.8. The minimum absolute atomic E-state index is 0.139. The predicted molar refractivity (Wildman–Crippen MR) is 138 cm³/mol. The SMILES string of the molecule is C[C@](O)(C(=O)NCCS(C)(=O)=O)c1ccc2c(c1)CCc1c-2noc1-c1noc(-c2ccccc2)c1C(F)(F)F. The molecular weight excluding hydrogens is 551 g/mol. The summed E-state index contributed by atoms with van der Waals surface area (Å²) in [5, 5.41) is 21.1. The maximum Gasteiger partial charge on any atom is 0.422 e. The summed E-state index contributed by atoms with van der Waals surface area (Å²) in [6, 6.07) is 12.6. The molecule has 0 radical (unpaired) electrons. The van der Waals surface area contributed by atoms with Gasteiger partial charge >= 0.3 is 6.18 Å². The fraction of sp³-hybridized carbons (Fsp3) is 0.296. The second kappa shape index (κ2) is 9.89. The highest BCUT2D eigenvalue weighted by Gasteiger charge is 2.43. The van der Waals surface area contributed by atoms with Crippen LogP contribution < -0.4 is 5.32 Å². The van der Waals surface area contributed by atoms with Gasteiger partial charge in [0.2, 0.25) is 0 Å². The Labute approximate surface area is 226 Å². The van der Waals surface area contributed by atoms with Gasteiger partial charge in [-0.3, -0.25) is 4.79 Å². The first-order valence-corrected chi connectivity index (χ1v) is 14.3. The van der Waals surface area contributed by atoms with Gasteiger partial charge in [0, 0.05) is 29.5 Å². The normalized spacial score (nSPS) is 14.8. The Hall–Kier alpha value is -3.97. The van der Waals surface area contributed by atoms with Crippen LogP contribution in [0.5, 0.6) is 0 Å². The number of aromatic nitrogens is 2. The van der Waals surface area contributed by atoms with E-state index in [4.69, 9.17) is 9.05 Å². The zero-order chi connectivity index (χ0) is 28.9. The first-order chi connectivity index (χ1) is 18.8. The minimum Gasteiger partial charge on any atom is -0.376 e. The second-order valence-corrected chi connectivity index (χ2v) is 12.0. The highest BCUT2D eigenvalue weighted by Crippen LogP contribution is 2.46. The molecule has 0 saturated carbocycles. The van der Waals surface area contributed by atoms with Crippen LogP contribution in [-0.2, 0) is 39.3 Å². The highest BCUT2D eigenvalue weighted by molar-refractivity contribution is 7.90. The summed E-state index contributed by atoms with van der Waals surface area (Å²) >= 11 is 0. The Morgan fingerprint density at radius 1 is 1.02 bits per heavy atom. The molecule has 2 aromatic heterocycles. The Kier molecular flexibility index (Phi) is 6.83. The van der Waals surface area contributed by atoms with E-state index in [0.717, 1.165) is 6.26 Å². The van der Waals surface area contributed by atoms with E-state index in [9.17, 15) is 31.5 Å². The number of sulfone groups is 1. The van der Waals surface area contributed by atoms with Crippen molar-refractivity contribution in [2.75, 3.05) is 18.6 Å². The lowest BCUT2D eigenvalue weighted by atomic mass is 9.84. The van der Waals surface area contributed by atoms with E-state index in [1.54, 1.807) is 30.3 Å². The maximum atomic E-state index is 14.2. The molecule has 0 saturated heterocycles. The number of benzene rings is 2. The Morgan fingerprint density at radius 3 is 2.38 bits per heavy atom. The summed E-state index contributed by atoms with van der Waals surface area (Å²) in [5.74, 6) is -1.60. The van der Waals surface area contributed by atoms with E-state index in [1.807, 2.05) is 0 Å². The summed E-state index contributed by atoms with van der Waals surface area (Å²) in [4.78, 5) is 12.6. The first-order valence-electron chi connectivity index (χ1n) is 12.2. The number of rotatable bonds is 7. The molecule has 2 heterocycles. The van der Waals surface area contributed by atoms with E-state index in [0.29, 0.717) is 28.8 Å². The molecule has 1 aliphatic carbocycles. The molecule has 0 fully saturated rings. The van der Waals surface area contributed by atoms with Crippen LogP contribution >= 0.6 is 0 Å². The van der Waals surface area contributed by atoms with Crippen molar-refractivity contribution in [3.05, 3.63) is 70.8 Å². The largest absolute Gasteiger partial charge is 0.422 e. The zero-order valence-corrected chi connectivity index (χ0v) is 22.2. The van der Waals surface area contributed by atoms with Gasteiger partial charge in [0.05, 0.1) is 5.75 Å². The van der Waals surface area contributed by atoms with Gasteiger partial charge in [-0.1, -0.05) is 58.8 Å². The third-order valence-electron chi connectivity index (χ3n) is 6.78. The topological polar surface area (TPSA) is 136 Å². The lowest BCUT2D eigenvalue weighted by molar-refractivity contribution is -0.139. The summed E-state index contributed by atoms with van der Waals surface area (Å²) in [6.45, 7) is 1.14. The molecule has 0 unspecified atom stereocenters. The summed E-state index contributed by atoms with van der Waals surface area (Å²) in [5.41, 5.74) is -0.987. The van der Waals surface area contributed by atoms with Gasteiger partial charge < -0.3 is 19.5 Å². The number of nitrogens with zero attached hydrogens (tertiary/aromatic N) is 2. The molecule has 9 nitrogen and oxygen atoms in total. The lowest BCUT2D eigenvalue weighted by Crippen LogP contribution is -2.43. The molecule has 13 heteroatoms. The van der Waals surface area contributed by atoms with Crippen molar-refractivity contribution in [1.29, 1.82) is 0 Å². The monoisotopic (exact) mass is 575 g/mol. The third-order valence-corrected chi connectivity index (χ3v) is 7.73. The van der Waals surface area contributed by atoms with Crippen LogP contribution in [0.3, 0.4) is 0 Å². The molecule has 0 aliphatic heterocycles. The Balaban J connectivity index is 1.48.